The number of benzene rings is 2. The number of carbonyl (C=O) groups is 3. The van der Waals surface area contributed by atoms with Crippen LogP contribution >= 0.6 is 0 Å². The first-order valence-electron chi connectivity index (χ1n) is 11.5. The molecule has 0 bridgehead atoms. The van der Waals surface area contributed by atoms with E-state index in [1.54, 1.807) is 37.1 Å². The highest BCUT2D eigenvalue weighted by Gasteiger charge is 2.34. The van der Waals surface area contributed by atoms with Gasteiger partial charge >= 0.3 is 5.97 Å². The van der Waals surface area contributed by atoms with E-state index in [1.807, 2.05) is 50.2 Å². The van der Waals surface area contributed by atoms with Gasteiger partial charge in [-0.3, -0.25) is 14.6 Å². The second-order valence-electron chi connectivity index (χ2n) is 8.50. The SMILES string of the molecule is CCCC(=Nc1ccc(N(C)C(=O)CN(C)C)cc1)C1C(=O)Nc2cc(C(=O)OCC)ccc21. The Morgan fingerprint density at radius 1 is 1.06 bits per heavy atom. The Kier molecular flexibility index (Phi) is 8.17. The van der Waals surface area contributed by atoms with Crippen molar-refractivity contribution in [1.29, 1.82) is 0 Å². The molecule has 0 fully saturated rings. The Morgan fingerprint density at radius 3 is 2.38 bits per heavy atom. The summed E-state index contributed by atoms with van der Waals surface area (Å²) < 4.78 is 5.06. The summed E-state index contributed by atoms with van der Waals surface area (Å²) in [6, 6.07) is 12.5. The molecule has 1 aliphatic rings. The van der Waals surface area contributed by atoms with Crippen molar-refractivity contribution in [3.05, 3.63) is 53.6 Å². The average molecular weight is 465 g/mol. The van der Waals surface area contributed by atoms with Gasteiger partial charge in [-0.05, 0) is 69.4 Å². The number of nitrogens with one attached hydrogen (secondary N) is 1. The van der Waals surface area contributed by atoms with E-state index in [0.29, 0.717) is 29.9 Å². The van der Waals surface area contributed by atoms with Crippen LogP contribution in [0.4, 0.5) is 17.1 Å². The first-order chi connectivity index (χ1) is 16.2. The first kappa shape index (κ1) is 25.1. The number of ether oxygens (including phenoxy) is 1. The molecule has 180 valence electrons. The Labute approximate surface area is 200 Å². The summed E-state index contributed by atoms with van der Waals surface area (Å²) in [6.07, 6.45) is 1.48. The van der Waals surface area contributed by atoms with Gasteiger partial charge in [0.2, 0.25) is 11.8 Å². The van der Waals surface area contributed by atoms with Gasteiger partial charge in [-0.1, -0.05) is 19.4 Å². The van der Waals surface area contributed by atoms with Gasteiger partial charge in [-0.2, -0.15) is 0 Å². The summed E-state index contributed by atoms with van der Waals surface area (Å²) in [4.78, 5) is 45.5. The molecule has 2 amide bonds. The second-order valence-corrected chi connectivity index (χ2v) is 8.50. The van der Waals surface area contributed by atoms with Gasteiger partial charge in [-0.15, -0.1) is 0 Å². The maximum absolute atomic E-state index is 12.9. The Hall–Kier alpha value is -3.52. The molecule has 1 N–H and O–H groups in total. The molecule has 8 heteroatoms. The Balaban J connectivity index is 1.87. The molecule has 1 heterocycles. The van der Waals surface area contributed by atoms with E-state index < -0.39 is 11.9 Å². The molecule has 0 radical (unpaired) electrons. The van der Waals surface area contributed by atoms with Gasteiger partial charge in [0.1, 0.15) is 5.92 Å². The van der Waals surface area contributed by atoms with Crippen LogP contribution < -0.4 is 10.2 Å². The zero-order chi connectivity index (χ0) is 24.8. The fraction of sp³-hybridized carbons (Fsp3) is 0.385. The quantitative estimate of drug-likeness (QED) is 0.447. The number of rotatable bonds is 9. The zero-order valence-electron chi connectivity index (χ0n) is 20.4. The van der Waals surface area contributed by atoms with Crippen LogP contribution in [0.2, 0.25) is 0 Å². The minimum Gasteiger partial charge on any atom is -0.462 e. The molecule has 3 rings (SSSR count). The van der Waals surface area contributed by atoms with Gasteiger partial charge in [0, 0.05) is 24.1 Å². The third-order valence-corrected chi connectivity index (χ3v) is 5.57. The second kappa shape index (κ2) is 11.1. The number of amides is 2. The Morgan fingerprint density at radius 2 is 1.76 bits per heavy atom. The van der Waals surface area contributed by atoms with Gasteiger partial charge in [0.05, 0.1) is 24.4 Å². The third-order valence-electron chi connectivity index (χ3n) is 5.57. The van der Waals surface area contributed by atoms with Crippen molar-refractivity contribution in [2.24, 2.45) is 4.99 Å². The van der Waals surface area contributed by atoms with Crippen LogP contribution in [0.5, 0.6) is 0 Å². The molecule has 1 unspecified atom stereocenters. The molecular weight excluding hydrogens is 432 g/mol. The lowest BCUT2D eigenvalue weighted by Crippen LogP contribution is -2.34. The molecule has 2 aromatic carbocycles. The highest BCUT2D eigenvalue weighted by molar-refractivity contribution is 6.19. The van der Waals surface area contributed by atoms with Gasteiger partial charge in [0.25, 0.3) is 0 Å². The van der Waals surface area contributed by atoms with Crippen molar-refractivity contribution in [3.8, 4) is 0 Å². The predicted octanol–water partition coefficient (Wildman–Crippen LogP) is 4.00. The monoisotopic (exact) mass is 464 g/mol. The van der Waals surface area contributed by atoms with E-state index in [1.165, 1.54) is 0 Å². The number of fused-ring (bicyclic) bond motifs is 1. The summed E-state index contributed by atoms with van der Waals surface area (Å²) >= 11 is 0. The number of nitrogens with zero attached hydrogens (tertiary/aromatic N) is 3. The van der Waals surface area contributed by atoms with Crippen molar-refractivity contribution in [2.45, 2.75) is 32.6 Å². The molecule has 0 spiro atoms. The summed E-state index contributed by atoms with van der Waals surface area (Å²) in [7, 11) is 5.46. The Bertz CT molecular complexity index is 1090. The largest absolute Gasteiger partial charge is 0.462 e. The van der Waals surface area contributed by atoms with Crippen LogP contribution in [-0.2, 0) is 14.3 Å². The standard InChI is InChI=1S/C26H32N4O4/c1-6-8-21(27-18-10-12-19(13-11-18)30(5)23(31)16-29(3)4)24-20-14-9-17(26(33)34-7-2)15-22(20)28-25(24)32/h9-15,24H,6-8,16H2,1-5H3,(H,28,32). The molecule has 0 saturated heterocycles. The van der Waals surface area contributed by atoms with E-state index in [9.17, 15) is 14.4 Å². The fourth-order valence-corrected chi connectivity index (χ4v) is 3.89. The maximum Gasteiger partial charge on any atom is 0.338 e. The van der Waals surface area contributed by atoms with Crippen LogP contribution in [0, 0.1) is 0 Å². The van der Waals surface area contributed by atoms with Crippen molar-refractivity contribution < 1.29 is 19.1 Å². The minimum absolute atomic E-state index is 0.00524. The third kappa shape index (κ3) is 5.69. The maximum atomic E-state index is 12.9. The zero-order valence-corrected chi connectivity index (χ0v) is 20.4. The van der Waals surface area contributed by atoms with Gasteiger partial charge in [0.15, 0.2) is 0 Å². The topological polar surface area (TPSA) is 91.3 Å². The number of aliphatic imine (C=N–C) groups is 1. The molecule has 0 aromatic heterocycles. The van der Waals surface area contributed by atoms with Crippen molar-refractivity contribution in [3.63, 3.8) is 0 Å². The first-order valence-corrected chi connectivity index (χ1v) is 11.5. The minimum atomic E-state index is -0.518. The van der Waals surface area contributed by atoms with Crippen LogP contribution in [0.3, 0.4) is 0 Å². The van der Waals surface area contributed by atoms with Crippen LogP contribution in [-0.4, -0.2) is 62.7 Å². The number of esters is 1. The predicted molar refractivity (Wildman–Crippen MR) is 134 cm³/mol. The highest BCUT2D eigenvalue weighted by Crippen LogP contribution is 2.36. The molecular formula is C26H32N4O4. The smallest absolute Gasteiger partial charge is 0.338 e. The highest BCUT2D eigenvalue weighted by atomic mass is 16.5. The molecule has 34 heavy (non-hydrogen) atoms. The van der Waals surface area contributed by atoms with E-state index in [4.69, 9.17) is 9.73 Å². The van der Waals surface area contributed by atoms with Crippen LogP contribution in [0.25, 0.3) is 0 Å². The number of anilines is 2. The summed E-state index contributed by atoms with van der Waals surface area (Å²) in [5, 5.41) is 2.89. The molecule has 0 aliphatic carbocycles. The molecule has 2 aromatic rings. The van der Waals surface area contributed by atoms with Gasteiger partial charge < -0.3 is 19.9 Å². The van der Waals surface area contributed by atoms with Crippen molar-refractivity contribution in [2.75, 3.05) is 44.5 Å². The van der Waals surface area contributed by atoms with Crippen LogP contribution in [0.15, 0.2) is 47.5 Å². The molecule has 8 nitrogen and oxygen atoms in total. The van der Waals surface area contributed by atoms with Gasteiger partial charge in [-0.25, -0.2) is 4.79 Å². The lowest BCUT2D eigenvalue weighted by Gasteiger charge is -2.20. The van der Waals surface area contributed by atoms with Crippen LogP contribution in [0.1, 0.15) is 48.5 Å². The number of hydrogen-bond acceptors (Lipinski definition) is 6. The number of hydrogen-bond donors (Lipinski definition) is 1. The lowest BCUT2D eigenvalue weighted by molar-refractivity contribution is -0.119. The van der Waals surface area contributed by atoms with Crippen molar-refractivity contribution >= 4 is 40.6 Å². The fourth-order valence-electron chi connectivity index (χ4n) is 3.89. The van der Waals surface area contributed by atoms with E-state index >= 15 is 0 Å². The number of likely N-dealkylation sites (N-methyl/N-ethyl adjacent to an activating group) is 2. The summed E-state index contributed by atoms with van der Waals surface area (Å²) in [5.41, 5.74) is 4.06. The molecule has 1 atom stereocenters. The van der Waals surface area contributed by atoms with E-state index in [0.717, 1.165) is 23.4 Å². The normalized spacial score (nSPS) is 15.2. The summed E-state index contributed by atoms with van der Waals surface area (Å²) in [6.45, 7) is 4.41. The number of carbonyl (C=O) groups excluding carboxylic acids is 3. The molecule has 1 aliphatic heterocycles. The van der Waals surface area contributed by atoms with Crippen molar-refractivity contribution in [1.82, 2.24) is 4.90 Å². The lowest BCUT2D eigenvalue weighted by atomic mass is 9.92. The van der Waals surface area contributed by atoms with E-state index in [2.05, 4.69) is 5.32 Å². The average Bonchev–Trinajstić information content (AvgIpc) is 3.13. The molecule has 0 saturated carbocycles. The van der Waals surface area contributed by atoms with E-state index in [-0.39, 0.29) is 18.4 Å². The summed E-state index contributed by atoms with van der Waals surface area (Å²) in [5.74, 6) is -1.10.